The SMILES string of the molecule is CCCCCCCCCCCCCCCCCCOC(C)OC(=O)c1ccc(-c2ccccc2)cc1. The lowest BCUT2D eigenvalue weighted by molar-refractivity contribution is -0.0987. The molecule has 0 saturated carbocycles. The van der Waals surface area contributed by atoms with Crippen LogP contribution in [-0.4, -0.2) is 18.9 Å². The predicted octanol–water partition coefficient (Wildman–Crippen LogP) is 10.1. The van der Waals surface area contributed by atoms with Crippen molar-refractivity contribution in [3.63, 3.8) is 0 Å². The molecule has 0 N–H and O–H groups in total. The molecule has 0 aliphatic heterocycles. The van der Waals surface area contributed by atoms with Crippen molar-refractivity contribution in [2.45, 2.75) is 123 Å². The highest BCUT2D eigenvalue weighted by molar-refractivity contribution is 5.90. The number of hydrogen-bond donors (Lipinski definition) is 0. The van der Waals surface area contributed by atoms with Crippen molar-refractivity contribution in [3.05, 3.63) is 60.2 Å². The molecular formula is C33H50O3. The second-order valence-electron chi connectivity index (χ2n) is 10.1. The average Bonchev–Trinajstić information content (AvgIpc) is 2.91. The van der Waals surface area contributed by atoms with E-state index in [-0.39, 0.29) is 5.97 Å². The summed E-state index contributed by atoms with van der Waals surface area (Å²) in [7, 11) is 0. The highest BCUT2D eigenvalue weighted by atomic mass is 16.7. The third kappa shape index (κ3) is 13.8. The van der Waals surface area contributed by atoms with Gasteiger partial charge in [-0.15, -0.1) is 0 Å². The van der Waals surface area contributed by atoms with Crippen molar-refractivity contribution in [2.75, 3.05) is 6.61 Å². The smallest absolute Gasteiger partial charge is 0.340 e. The summed E-state index contributed by atoms with van der Waals surface area (Å²) in [6.45, 7) is 4.72. The largest absolute Gasteiger partial charge is 0.432 e. The summed E-state index contributed by atoms with van der Waals surface area (Å²) in [6, 6.07) is 17.7. The van der Waals surface area contributed by atoms with Gasteiger partial charge < -0.3 is 9.47 Å². The van der Waals surface area contributed by atoms with Crippen molar-refractivity contribution in [2.24, 2.45) is 0 Å². The normalized spacial score (nSPS) is 11.9. The zero-order chi connectivity index (χ0) is 25.7. The summed E-state index contributed by atoms with van der Waals surface area (Å²) in [5, 5.41) is 0. The molecule has 0 aliphatic carbocycles. The fourth-order valence-electron chi connectivity index (χ4n) is 4.58. The minimum Gasteiger partial charge on any atom is -0.432 e. The Kier molecular flexibility index (Phi) is 16.7. The van der Waals surface area contributed by atoms with Crippen LogP contribution in [0.25, 0.3) is 11.1 Å². The first kappa shape index (κ1) is 30.1. The first-order chi connectivity index (χ1) is 17.7. The third-order valence-electron chi connectivity index (χ3n) is 6.85. The molecule has 2 aromatic carbocycles. The average molecular weight is 495 g/mol. The van der Waals surface area contributed by atoms with Gasteiger partial charge in [-0.2, -0.15) is 0 Å². The van der Waals surface area contributed by atoms with Gasteiger partial charge in [0.1, 0.15) is 0 Å². The molecule has 0 aliphatic rings. The monoisotopic (exact) mass is 494 g/mol. The standard InChI is InChI=1S/C33H50O3/c1-3-4-5-6-7-8-9-10-11-12-13-14-15-16-17-21-28-35-29(2)36-33(34)32-26-24-31(25-27-32)30-22-19-18-20-23-30/h18-20,22-27,29H,3-17,21,28H2,1-2H3. The molecular weight excluding hydrogens is 444 g/mol. The summed E-state index contributed by atoms with van der Waals surface area (Å²) < 4.78 is 11.2. The molecule has 0 fully saturated rings. The van der Waals surface area contributed by atoms with Gasteiger partial charge in [-0.25, -0.2) is 4.79 Å². The van der Waals surface area contributed by atoms with E-state index in [0.717, 1.165) is 17.5 Å². The number of carbonyl (C=O) groups excluding carboxylic acids is 1. The van der Waals surface area contributed by atoms with Crippen LogP contribution in [0.2, 0.25) is 0 Å². The number of carbonyl (C=O) groups is 1. The van der Waals surface area contributed by atoms with E-state index in [2.05, 4.69) is 19.1 Å². The van der Waals surface area contributed by atoms with E-state index in [9.17, 15) is 4.79 Å². The van der Waals surface area contributed by atoms with Crippen molar-refractivity contribution in [3.8, 4) is 11.1 Å². The van der Waals surface area contributed by atoms with Gasteiger partial charge in [0.25, 0.3) is 0 Å². The van der Waals surface area contributed by atoms with Crippen LogP contribution >= 0.6 is 0 Å². The van der Waals surface area contributed by atoms with Gasteiger partial charge >= 0.3 is 5.97 Å². The Labute approximate surface area is 221 Å². The van der Waals surface area contributed by atoms with Crippen LogP contribution in [-0.2, 0) is 9.47 Å². The lowest BCUT2D eigenvalue weighted by atomic mass is 10.0. The second-order valence-corrected chi connectivity index (χ2v) is 10.1. The fraction of sp³-hybridized carbons (Fsp3) is 0.606. The van der Waals surface area contributed by atoms with Crippen LogP contribution in [0.4, 0.5) is 0 Å². The number of unbranched alkanes of at least 4 members (excludes halogenated alkanes) is 15. The molecule has 0 bridgehead atoms. The highest BCUT2D eigenvalue weighted by Gasteiger charge is 2.12. The van der Waals surface area contributed by atoms with E-state index in [1.165, 1.54) is 96.3 Å². The number of benzene rings is 2. The van der Waals surface area contributed by atoms with Crippen LogP contribution in [0.15, 0.2) is 54.6 Å². The molecule has 200 valence electrons. The molecule has 0 spiro atoms. The molecule has 1 unspecified atom stereocenters. The predicted molar refractivity (Wildman–Crippen MR) is 152 cm³/mol. The van der Waals surface area contributed by atoms with Crippen LogP contribution < -0.4 is 0 Å². The minimum absolute atomic E-state index is 0.339. The highest BCUT2D eigenvalue weighted by Crippen LogP contribution is 2.20. The van der Waals surface area contributed by atoms with Gasteiger partial charge in [-0.05, 0) is 36.6 Å². The van der Waals surface area contributed by atoms with E-state index in [1.54, 1.807) is 6.92 Å². The molecule has 0 amide bonds. The van der Waals surface area contributed by atoms with Crippen molar-refractivity contribution >= 4 is 5.97 Å². The molecule has 0 saturated heterocycles. The number of esters is 1. The Morgan fingerprint density at radius 1 is 0.611 bits per heavy atom. The van der Waals surface area contributed by atoms with Crippen LogP contribution in [0.1, 0.15) is 127 Å². The summed E-state index contributed by atoms with van der Waals surface area (Å²) >= 11 is 0. The Morgan fingerprint density at radius 2 is 1.06 bits per heavy atom. The van der Waals surface area contributed by atoms with Gasteiger partial charge in [0.05, 0.1) is 12.2 Å². The van der Waals surface area contributed by atoms with E-state index in [1.807, 2.05) is 42.5 Å². The molecule has 36 heavy (non-hydrogen) atoms. The molecule has 2 aromatic rings. The van der Waals surface area contributed by atoms with Crippen molar-refractivity contribution in [1.82, 2.24) is 0 Å². The number of ether oxygens (including phenoxy) is 2. The third-order valence-corrected chi connectivity index (χ3v) is 6.85. The maximum Gasteiger partial charge on any atom is 0.340 e. The first-order valence-corrected chi connectivity index (χ1v) is 14.7. The zero-order valence-corrected chi connectivity index (χ0v) is 23.0. The van der Waals surface area contributed by atoms with Crippen LogP contribution in [0.3, 0.4) is 0 Å². The minimum atomic E-state index is -0.525. The summed E-state index contributed by atoms with van der Waals surface area (Å²) in [5.41, 5.74) is 2.76. The summed E-state index contributed by atoms with van der Waals surface area (Å²) in [5.74, 6) is -0.339. The molecule has 3 nitrogen and oxygen atoms in total. The van der Waals surface area contributed by atoms with E-state index in [0.29, 0.717) is 12.2 Å². The molecule has 1 atom stereocenters. The molecule has 0 radical (unpaired) electrons. The summed E-state index contributed by atoms with van der Waals surface area (Å²) in [4.78, 5) is 12.4. The Bertz CT molecular complexity index is 784. The van der Waals surface area contributed by atoms with E-state index < -0.39 is 6.29 Å². The molecule has 0 heterocycles. The van der Waals surface area contributed by atoms with Gasteiger partial charge in [0.15, 0.2) is 6.29 Å². The quantitative estimate of drug-likeness (QED) is 0.0983. The number of rotatable bonds is 21. The van der Waals surface area contributed by atoms with Crippen LogP contribution in [0.5, 0.6) is 0 Å². The topological polar surface area (TPSA) is 35.5 Å². The number of hydrogen-bond acceptors (Lipinski definition) is 3. The lowest BCUT2D eigenvalue weighted by Crippen LogP contribution is -2.18. The van der Waals surface area contributed by atoms with Crippen LogP contribution in [0, 0.1) is 0 Å². The maximum atomic E-state index is 12.4. The van der Waals surface area contributed by atoms with E-state index in [4.69, 9.17) is 9.47 Å². The molecule has 3 heteroatoms. The Hall–Kier alpha value is -2.13. The zero-order valence-electron chi connectivity index (χ0n) is 23.0. The Morgan fingerprint density at radius 3 is 1.56 bits per heavy atom. The van der Waals surface area contributed by atoms with Gasteiger partial charge in [-0.1, -0.05) is 146 Å². The molecule has 0 aromatic heterocycles. The van der Waals surface area contributed by atoms with E-state index >= 15 is 0 Å². The first-order valence-electron chi connectivity index (χ1n) is 14.7. The van der Waals surface area contributed by atoms with Gasteiger partial charge in [0, 0.05) is 0 Å². The lowest BCUT2D eigenvalue weighted by Gasteiger charge is -2.14. The maximum absolute atomic E-state index is 12.4. The molecule has 2 rings (SSSR count). The van der Waals surface area contributed by atoms with Gasteiger partial charge in [-0.3, -0.25) is 0 Å². The van der Waals surface area contributed by atoms with Crippen molar-refractivity contribution in [1.29, 1.82) is 0 Å². The second kappa shape index (κ2) is 20.0. The summed E-state index contributed by atoms with van der Waals surface area (Å²) in [6.07, 6.45) is 21.2. The Balaban J connectivity index is 1.40. The fourth-order valence-corrected chi connectivity index (χ4v) is 4.58. The van der Waals surface area contributed by atoms with Crippen molar-refractivity contribution < 1.29 is 14.3 Å². The van der Waals surface area contributed by atoms with Gasteiger partial charge in [0.2, 0.25) is 0 Å².